The van der Waals surface area contributed by atoms with Crippen LogP contribution in [0.2, 0.25) is 0 Å². The van der Waals surface area contributed by atoms with Crippen molar-refractivity contribution in [3.8, 4) is 0 Å². The first-order valence-electron chi connectivity index (χ1n) is 2.43. The predicted molar refractivity (Wildman–Crippen MR) is 39.9 cm³/mol. The molecule has 0 heterocycles. The third-order valence-corrected chi connectivity index (χ3v) is 1.50. The zero-order chi connectivity index (χ0) is 7.28. The van der Waals surface area contributed by atoms with Gasteiger partial charge >= 0.3 is 0 Å². The molecule has 0 saturated heterocycles. The summed E-state index contributed by atoms with van der Waals surface area (Å²) >= 11 is 1.33. The highest BCUT2D eigenvalue weighted by molar-refractivity contribution is 8.03. The third kappa shape index (κ3) is 3.03. The third-order valence-electron chi connectivity index (χ3n) is 0.738. The first kappa shape index (κ1) is 8.36. The number of hydrogen-bond acceptors (Lipinski definition) is 3. The van der Waals surface area contributed by atoms with Gasteiger partial charge in [0, 0.05) is 13.2 Å². The molecular formula is C5H10N2OS. The number of hydrogen-bond donors (Lipinski definition) is 2. The van der Waals surface area contributed by atoms with Crippen LogP contribution in [0, 0.1) is 0 Å². The molecular weight excluding hydrogens is 136 g/mol. The van der Waals surface area contributed by atoms with E-state index < -0.39 is 5.91 Å². The summed E-state index contributed by atoms with van der Waals surface area (Å²) in [5.41, 5.74) is 4.97. The van der Waals surface area contributed by atoms with Crippen LogP contribution in [0.5, 0.6) is 0 Å². The van der Waals surface area contributed by atoms with Crippen molar-refractivity contribution < 1.29 is 4.79 Å². The van der Waals surface area contributed by atoms with E-state index in [2.05, 4.69) is 5.32 Å². The number of thioether (sulfide) groups is 1. The van der Waals surface area contributed by atoms with E-state index in [1.54, 1.807) is 19.5 Å². The lowest BCUT2D eigenvalue weighted by Crippen LogP contribution is -2.13. The van der Waals surface area contributed by atoms with Crippen LogP contribution in [0.25, 0.3) is 0 Å². The fourth-order valence-corrected chi connectivity index (χ4v) is 0.799. The highest BCUT2D eigenvalue weighted by Gasteiger charge is 1.99. The minimum atomic E-state index is -0.392. The molecule has 0 aliphatic rings. The van der Waals surface area contributed by atoms with E-state index in [0.29, 0.717) is 4.91 Å². The Hall–Kier alpha value is -0.640. The summed E-state index contributed by atoms with van der Waals surface area (Å²) in [7, 11) is 1.72. The Morgan fingerprint density at radius 2 is 2.33 bits per heavy atom. The molecule has 0 fully saturated rings. The van der Waals surface area contributed by atoms with E-state index >= 15 is 0 Å². The van der Waals surface area contributed by atoms with Crippen LogP contribution in [0.1, 0.15) is 0 Å². The number of rotatable bonds is 3. The van der Waals surface area contributed by atoms with E-state index in [-0.39, 0.29) is 0 Å². The van der Waals surface area contributed by atoms with Gasteiger partial charge in [0.05, 0.1) is 4.91 Å². The average molecular weight is 146 g/mol. The lowest BCUT2D eigenvalue weighted by Gasteiger charge is -1.95. The molecule has 3 N–H and O–H groups in total. The summed E-state index contributed by atoms with van der Waals surface area (Å²) < 4.78 is 0. The summed E-state index contributed by atoms with van der Waals surface area (Å²) in [5.74, 6) is -0.392. The van der Waals surface area contributed by atoms with Crippen LogP contribution >= 0.6 is 11.8 Å². The minimum Gasteiger partial charge on any atom is -0.393 e. The normalized spacial score (nSPS) is 11.1. The number of nitrogens with two attached hydrogens (primary N) is 1. The molecule has 0 unspecified atom stereocenters. The van der Waals surface area contributed by atoms with Crippen LogP contribution in [0.15, 0.2) is 11.1 Å². The second-order valence-electron chi connectivity index (χ2n) is 1.37. The van der Waals surface area contributed by atoms with Crippen molar-refractivity contribution in [1.29, 1.82) is 0 Å². The van der Waals surface area contributed by atoms with Gasteiger partial charge in [-0.3, -0.25) is 4.79 Å². The molecule has 0 spiro atoms. The monoisotopic (exact) mass is 146 g/mol. The van der Waals surface area contributed by atoms with E-state index in [9.17, 15) is 4.79 Å². The lowest BCUT2D eigenvalue weighted by atomic mass is 10.6. The molecule has 0 saturated carbocycles. The Balaban J connectivity index is 3.98. The Bertz CT molecular complexity index is 133. The maximum Gasteiger partial charge on any atom is 0.256 e. The zero-order valence-corrected chi connectivity index (χ0v) is 6.29. The molecule has 52 valence electrons. The maximum atomic E-state index is 10.4. The summed E-state index contributed by atoms with van der Waals surface area (Å²) in [6, 6.07) is 0. The predicted octanol–water partition coefficient (Wildman–Crippen LogP) is -0.104. The largest absolute Gasteiger partial charge is 0.393 e. The number of nitrogens with one attached hydrogen (secondary N) is 1. The molecule has 0 aliphatic heterocycles. The van der Waals surface area contributed by atoms with Crippen molar-refractivity contribution in [2.75, 3.05) is 13.3 Å². The standard InChI is InChI=1S/C5H10N2OS/c1-7-3-4(9-2)5(6)8/h3,7H,1-2H3,(H2,6,8)/b4-3-. The fourth-order valence-electron chi connectivity index (χ4n) is 0.362. The second kappa shape index (κ2) is 4.26. The van der Waals surface area contributed by atoms with Gasteiger partial charge in [-0.1, -0.05) is 0 Å². The lowest BCUT2D eigenvalue weighted by molar-refractivity contribution is -0.113. The van der Waals surface area contributed by atoms with Gasteiger partial charge in [0.15, 0.2) is 0 Å². The van der Waals surface area contributed by atoms with Crippen molar-refractivity contribution in [2.24, 2.45) is 5.73 Å². The number of primary amides is 1. The zero-order valence-electron chi connectivity index (χ0n) is 5.47. The van der Waals surface area contributed by atoms with Crippen LogP contribution in [0.4, 0.5) is 0 Å². The first-order chi connectivity index (χ1) is 4.22. The van der Waals surface area contributed by atoms with Gasteiger partial charge in [-0.25, -0.2) is 0 Å². The first-order valence-corrected chi connectivity index (χ1v) is 3.66. The van der Waals surface area contributed by atoms with Crippen molar-refractivity contribution in [3.63, 3.8) is 0 Å². The van der Waals surface area contributed by atoms with Gasteiger partial charge < -0.3 is 11.1 Å². The van der Waals surface area contributed by atoms with Gasteiger partial charge in [0.1, 0.15) is 0 Å². The molecule has 0 rings (SSSR count). The molecule has 0 aromatic carbocycles. The Morgan fingerprint density at radius 1 is 1.78 bits per heavy atom. The highest BCUT2D eigenvalue weighted by Crippen LogP contribution is 2.07. The average Bonchev–Trinajstić information content (AvgIpc) is 1.82. The highest BCUT2D eigenvalue weighted by atomic mass is 32.2. The molecule has 0 aliphatic carbocycles. The summed E-state index contributed by atoms with van der Waals surface area (Å²) in [6.07, 6.45) is 3.38. The SMILES string of the molecule is CN/C=C(\SC)C(N)=O. The molecule has 3 nitrogen and oxygen atoms in total. The summed E-state index contributed by atoms with van der Waals surface area (Å²) in [4.78, 5) is 11.0. The van der Waals surface area contributed by atoms with Crippen LogP contribution < -0.4 is 11.1 Å². The molecule has 0 radical (unpaired) electrons. The molecule has 9 heavy (non-hydrogen) atoms. The van der Waals surface area contributed by atoms with E-state index in [1.807, 2.05) is 0 Å². The van der Waals surface area contributed by atoms with Crippen LogP contribution in [0.3, 0.4) is 0 Å². The van der Waals surface area contributed by atoms with E-state index in [0.717, 1.165) is 0 Å². The molecule has 1 amide bonds. The Morgan fingerprint density at radius 3 is 2.44 bits per heavy atom. The topological polar surface area (TPSA) is 55.1 Å². The number of carbonyl (C=O) groups excluding carboxylic acids is 1. The Kier molecular flexibility index (Phi) is 3.96. The van der Waals surface area contributed by atoms with Crippen LogP contribution in [-0.4, -0.2) is 19.2 Å². The quantitative estimate of drug-likeness (QED) is 0.546. The molecule has 4 heteroatoms. The fraction of sp³-hybridized carbons (Fsp3) is 0.400. The minimum absolute atomic E-state index is 0.392. The van der Waals surface area contributed by atoms with Crippen LogP contribution in [-0.2, 0) is 4.79 Å². The van der Waals surface area contributed by atoms with E-state index in [1.165, 1.54) is 11.8 Å². The second-order valence-corrected chi connectivity index (χ2v) is 2.21. The maximum absolute atomic E-state index is 10.4. The van der Waals surface area contributed by atoms with Gasteiger partial charge in [0.25, 0.3) is 5.91 Å². The van der Waals surface area contributed by atoms with Crippen molar-refractivity contribution >= 4 is 17.7 Å². The molecule has 0 aromatic heterocycles. The molecule has 0 atom stereocenters. The van der Waals surface area contributed by atoms with Gasteiger partial charge in [-0.15, -0.1) is 11.8 Å². The number of carbonyl (C=O) groups is 1. The van der Waals surface area contributed by atoms with Gasteiger partial charge in [-0.2, -0.15) is 0 Å². The summed E-state index contributed by atoms with van der Waals surface area (Å²) in [6.45, 7) is 0. The number of amides is 1. The summed E-state index contributed by atoms with van der Waals surface area (Å²) in [5, 5.41) is 2.72. The Labute approximate surface area is 58.7 Å². The molecule has 0 aromatic rings. The van der Waals surface area contributed by atoms with E-state index in [4.69, 9.17) is 5.73 Å². The molecule has 0 bridgehead atoms. The van der Waals surface area contributed by atoms with Crippen molar-refractivity contribution in [2.45, 2.75) is 0 Å². The van der Waals surface area contributed by atoms with Crippen molar-refractivity contribution in [1.82, 2.24) is 5.32 Å². The van der Waals surface area contributed by atoms with Gasteiger partial charge in [-0.05, 0) is 6.26 Å². The van der Waals surface area contributed by atoms with Gasteiger partial charge in [0.2, 0.25) is 0 Å². The smallest absolute Gasteiger partial charge is 0.256 e. The van der Waals surface area contributed by atoms with Crippen molar-refractivity contribution in [3.05, 3.63) is 11.1 Å².